The van der Waals surface area contributed by atoms with Crippen molar-refractivity contribution in [3.05, 3.63) is 57.6 Å². The summed E-state index contributed by atoms with van der Waals surface area (Å²) in [6.45, 7) is 5.30. The zero-order valence-electron chi connectivity index (χ0n) is 18.0. The second kappa shape index (κ2) is 10.6. The average molecular weight is 477 g/mol. The van der Waals surface area contributed by atoms with Crippen molar-refractivity contribution >= 4 is 40.9 Å². The maximum atomic E-state index is 12.9. The molecule has 0 bridgehead atoms. The molecule has 2 aromatic carbocycles. The van der Waals surface area contributed by atoms with Crippen LogP contribution in [-0.2, 0) is 16.0 Å². The van der Waals surface area contributed by atoms with Gasteiger partial charge in [-0.25, -0.2) is 0 Å². The quantitative estimate of drug-likeness (QED) is 0.557. The van der Waals surface area contributed by atoms with Gasteiger partial charge in [-0.3, -0.25) is 9.69 Å². The standard InChI is InChI=1S/C24H26Cl2N2O4/c1-30-22-14-18-6-7-28(24(29)5-3-17-2-4-19(25)15-20(17)26)21(18)16-23(22)32-13-10-27-8-11-31-12-9-27/h2-5,14-16H,6-13H2,1H3/b5-3+. The summed E-state index contributed by atoms with van der Waals surface area (Å²) < 4.78 is 17.0. The van der Waals surface area contributed by atoms with E-state index in [-0.39, 0.29) is 5.91 Å². The minimum absolute atomic E-state index is 0.112. The van der Waals surface area contributed by atoms with E-state index < -0.39 is 0 Å². The Morgan fingerprint density at radius 2 is 1.94 bits per heavy atom. The molecule has 170 valence electrons. The average Bonchev–Trinajstić information content (AvgIpc) is 3.21. The molecule has 32 heavy (non-hydrogen) atoms. The van der Waals surface area contributed by atoms with Crippen LogP contribution in [0.1, 0.15) is 11.1 Å². The van der Waals surface area contributed by atoms with Crippen LogP contribution in [0.15, 0.2) is 36.4 Å². The number of hydrogen-bond donors (Lipinski definition) is 0. The molecule has 1 amide bonds. The summed E-state index contributed by atoms with van der Waals surface area (Å²) >= 11 is 12.2. The van der Waals surface area contributed by atoms with E-state index in [0.29, 0.717) is 34.7 Å². The van der Waals surface area contributed by atoms with Crippen molar-refractivity contribution in [2.75, 3.05) is 58.0 Å². The van der Waals surface area contributed by atoms with Gasteiger partial charge >= 0.3 is 0 Å². The topological polar surface area (TPSA) is 51.2 Å². The first-order valence-electron chi connectivity index (χ1n) is 10.6. The molecule has 4 rings (SSSR count). The van der Waals surface area contributed by atoms with Crippen molar-refractivity contribution in [2.24, 2.45) is 0 Å². The molecule has 6 nitrogen and oxygen atoms in total. The van der Waals surface area contributed by atoms with Crippen molar-refractivity contribution in [3.63, 3.8) is 0 Å². The maximum Gasteiger partial charge on any atom is 0.251 e. The van der Waals surface area contributed by atoms with Crippen LogP contribution in [0.25, 0.3) is 6.08 Å². The molecule has 0 atom stereocenters. The number of carbonyl (C=O) groups excluding carboxylic acids is 1. The van der Waals surface area contributed by atoms with Crippen molar-refractivity contribution in [1.82, 2.24) is 4.90 Å². The molecule has 0 aromatic heterocycles. The van der Waals surface area contributed by atoms with Crippen molar-refractivity contribution < 1.29 is 19.0 Å². The van der Waals surface area contributed by atoms with Crippen molar-refractivity contribution in [3.8, 4) is 11.5 Å². The third-order valence-corrected chi connectivity index (χ3v) is 6.23. The number of amides is 1. The minimum atomic E-state index is -0.112. The van der Waals surface area contributed by atoms with Crippen LogP contribution >= 0.6 is 23.2 Å². The van der Waals surface area contributed by atoms with Gasteiger partial charge in [-0.15, -0.1) is 0 Å². The number of carbonyl (C=O) groups is 1. The number of anilines is 1. The van der Waals surface area contributed by atoms with Crippen LogP contribution in [-0.4, -0.2) is 63.9 Å². The van der Waals surface area contributed by atoms with E-state index in [1.54, 1.807) is 36.3 Å². The Kier molecular flexibility index (Phi) is 7.58. The first-order valence-corrected chi connectivity index (χ1v) is 11.4. The highest BCUT2D eigenvalue weighted by atomic mass is 35.5. The Balaban J connectivity index is 1.46. The summed E-state index contributed by atoms with van der Waals surface area (Å²) in [4.78, 5) is 17.0. The first kappa shape index (κ1) is 22.9. The second-order valence-electron chi connectivity index (χ2n) is 7.67. The summed E-state index contributed by atoms with van der Waals surface area (Å²) in [5.74, 6) is 1.21. The third-order valence-electron chi connectivity index (χ3n) is 5.66. The van der Waals surface area contributed by atoms with E-state index in [1.165, 1.54) is 6.08 Å². The number of benzene rings is 2. The number of nitrogens with zero attached hydrogens (tertiary/aromatic N) is 2. The number of fused-ring (bicyclic) bond motifs is 1. The smallest absolute Gasteiger partial charge is 0.251 e. The van der Waals surface area contributed by atoms with Crippen LogP contribution < -0.4 is 14.4 Å². The van der Waals surface area contributed by atoms with Gasteiger partial charge in [-0.05, 0) is 41.8 Å². The SMILES string of the molecule is COc1cc2c(cc1OCCN1CCOCC1)N(C(=O)/C=C/c1ccc(Cl)cc1Cl)CC2. The van der Waals surface area contributed by atoms with E-state index >= 15 is 0 Å². The van der Waals surface area contributed by atoms with E-state index in [4.69, 9.17) is 37.4 Å². The summed E-state index contributed by atoms with van der Waals surface area (Å²) in [5.41, 5.74) is 2.66. The van der Waals surface area contributed by atoms with Gasteiger partial charge in [0.15, 0.2) is 11.5 Å². The maximum absolute atomic E-state index is 12.9. The number of morpholine rings is 1. The van der Waals surface area contributed by atoms with E-state index in [9.17, 15) is 4.79 Å². The zero-order valence-corrected chi connectivity index (χ0v) is 19.5. The highest BCUT2D eigenvalue weighted by molar-refractivity contribution is 6.35. The molecule has 2 aromatic rings. The Morgan fingerprint density at radius 3 is 2.69 bits per heavy atom. The van der Waals surface area contributed by atoms with Gasteiger partial charge in [-0.1, -0.05) is 29.3 Å². The normalized spacial score (nSPS) is 16.4. The van der Waals surface area contributed by atoms with Crippen molar-refractivity contribution in [1.29, 1.82) is 0 Å². The molecule has 1 fully saturated rings. The number of methoxy groups -OCH3 is 1. The van der Waals surface area contributed by atoms with E-state index in [1.807, 2.05) is 12.1 Å². The molecule has 0 spiro atoms. The van der Waals surface area contributed by atoms with Crippen LogP contribution in [0.3, 0.4) is 0 Å². The predicted molar refractivity (Wildman–Crippen MR) is 127 cm³/mol. The minimum Gasteiger partial charge on any atom is -0.493 e. The largest absolute Gasteiger partial charge is 0.493 e. The lowest BCUT2D eigenvalue weighted by Gasteiger charge is -2.26. The van der Waals surface area contributed by atoms with Crippen LogP contribution in [0.2, 0.25) is 10.0 Å². The van der Waals surface area contributed by atoms with Gasteiger partial charge in [0.2, 0.25) is 0 Å². The molecule has 2 aliphatic heterocycles. The van der Waals surface area contributed by atoms with Gasteiger partial charge in [-0.2, -0.15) is 0 Å². The van der Waals surface area contributed by atoms with Gasteiger partial charge in [0.25, 0.3) is 5.91 Å². The van der Waals surface area contributed by atoms with Crippen LogP contribution in [0.4, 0.5) is 5.69 Å². The van der Waals surface area contributed by atoms with E-state index in [0.717, 1.165) is 56.1 Å². The van der Waals surface area contributed by atoms with E-state index in [2.05, 4.69) is 4.90 Å². The summed E-state index contributed by atoms with van der Waals surface area (Å²) in [6, 6.07) is 9.06. The third kappa shape index (κ3) is 5.38. The molecule has 1 saturated heterocycles. The van der Waals surface area contributed by atoms with Gasteiger partial charge < -0.3 is 19.1 Å². The molecule has 0 aliphatic carbocycles. The first-order chi connectivity index (χ1) is 15.5. The zero-order chi connectivity index (χ0) is 22.5. The molecule has 0 unspecified atom stereocenters. The highest BCUT2D eigenvalue weighted by Gasteiger charge is 2.26. The van der Waals surface area contributed by atoms with Gasteiger partial charge in [0, 0.05) is 48.4 Å². The Hall–Kier alpha value is -2.25. The number of rotatable bonds is 7. The highest BCUT2D eigenvalue weighted by Crippen LogP contribution is 2.39. The lowest BCUT2D eigenvalue weighted by molar-refractivity contribution is -0.114. The van der Waals surface area contributed by atoms with Crippen LogP contribution in [0.5, 0.6) is 11.5 Å². The molecule has 0 saturated carbocycles. The monoisotopic (exact) mass is 476 g/mol. The Bertz CT molecular complexity index is 1010. The number of hydrogen-bond acceptors (Lipinski definition) is 5. The fourth-order valence-corrected chi connectivity index (χ4v) is 4.37. The molecule has 8 heteroatoms. The number of halogens is 2. The molecule has 2 aliphatic rings. The molecule has 0 radical (unpaired) electrons. The molecular weight excluding hydrogens is 451 g/mol. The van der Waals surface area contributed by atoms with Crippen molar-refractivity contribution in [2.45, 2.75) is 6.42 Å². The summed E-state index contributed by atoms with van der Waals surface area (Å²) in [7, 11) is 1.63. The van der Waals surface area contributed by atoms with Gasteiger partial charge in [0.05, 0.1) is 26.0 Å². The molecular formula is C24H26Cl2N2O4. The Morgan fingerprint density at radius 1 is 1.12 bits per heavy atom. The lowest BCUT2D eigenvalue weighted by atomic mass is 10.1. The predicted octanol–water partition coefficient (Wildman–Crippen LogP) is 4.32. The lowest BCUT2D eigenvalue weighted by Crippen LogP contribution is -2.38. The van der Waals surface area contributed by atoms with Crippen LogP contribution in [0, 0.1) is 0 Å². The number of ether oxygens (including phenoxy) is 3. The molecule has 2 heterocycles. The molecule has 0 N–H and O–H groups in total. The Labute approximate surface area is 198 Å². The van der Waals surface area contributed by atoms with Gasteiger partial charge in [0.1, 0.15) is 6.61 Å². The summed E-state index contributed by atoms with van der Waals surface area (Å²) in [6.07, 6.45) is 4.01. The fraction of sp³-hybridized carbons (Fsp3) is 0.375. The second-order valence-corrected chi connectivity index (χ2v) is 8.52. The summed E-state index contributed by atoms with van der Waals surface area (Å²) in [5, 5.41) is 1.06. The fourth-order valence-electron chi connectivity index (χ4n) is 3.89.